The molecular weight excluding hydrogens is 285 g/mol. The predicted octanol–water partition coefficient (Wildman–Crippen LogP) is 2.57. The molecule has 2 heterocycles. The van der Waals surface area contributed by atoms with Gasteiger partial charge in [-0.15, -0.1) is 10.2 Å². The first-order chi connectivity index (χ1) is 9.25. The molecule has 1 aliphatic heterocycles. The molecule has 0 radical (unpaired) electrons. The zero-order chi connectivity index (χ0) is 13.2. The average molecular weight is 295 g/mol. The molecule has 2 aromatic rings. The van der Waals surface area contributed by atoms with Gasteiger partial charge in [0.25, 0.3) is 0 Å². The average Bonchev–Trinajstić information content (AvgIpc) is 3.03. The van der Waals surface area contributed by atoms with Crippen molar-refractivity contribution in [2.75, 3.05) is 11.4 Å². The highest BCUT2D eigenvalue weighted by molar-refractivity contribution is 8.02. The molecule has 1 aliphatic rings. The minimum Gasteiger partial charge on any atom is -0.309 e. The van der Waals surface area contributed by atoms with E-state index in [1.54, 1.807) is 23.7 Å². The Morgan fingerprint density at radius 3 is 3.00 bits per heavy atom. The summed E-state index contributed by atoms with van der Waals surface area (Å²) in [7, 11) is 0. The van der Waals surface area contributed by atoms with Crippen molar-refractivity contribution >= 4 is 34.7 Å². The van der Waals surface area contributed by atoms with E-state index < -0.39 is 0 Å². The fourth-order valence-electron chi connectivity index (χ4n) is 2.01. The van der Waals surface area contributed by atoms with Gasteiger partial charge in [0.15, 0.2) is 4.34 Å². The Kier molecular flexibility index (Phi) is 3.48. The van der Waals surface area contributed by atoms with E-state index in [1.807, 2.05) is 0 Å². The highest BCUT2D eigenvalue weighted by Gasteiger charge is 2.34. The van der Waals surface area contributed by atoms with Crippen LogP contribution in [-0.4, -0.2) is 27.9 Å². The van der Waals surface area contributed by atoms with Gasteiger partial charge in [0.2, 0.25) is 5.91 Å². The van der Waals surface area contributed by atoms with Crippen molar-refractivity contribution in [3.05, 3.63) is 35.6 Å². The molecule has 1 atom stereocenters. The van der Waals surface area contributed by atoms with Crippen LogP contribution in [0.1, 0.15) is 6.42 Å². The Bertz CT molecular complexity index is 590. The first-order valence-electron chi connectivity index (χ1n) is 5.74. The SMILES string of the molecule is O=C1C(Sc2nncs2)CCN1c1ccccc1F. The number of halogens is 1. The summed E-state index contributed by atoms with van der Waals surface area (Å²) < 4.78 is 14.5. The van der Waals surface area contributed by atoms with Crippen molar-refractivity contribution in [2.45, 2.75) is 16.0 Å². The van der Waals surface area contributed by atoms with Crippen molar-refractivity contribution in [3.63, 3.8) is 0 Å². The van der Waals surface area contributed by atoms with Gasteiger partial charge < -0.3 is 4.90 Å². The summed E-state index contributed by atoms with van der Waals surface area (Å²) in [6.45, 7) is 0.538. The molecule has 7 heteroatoms. The van der Waals surface area contributed by atoms with Gasteiger partial charge in [-0.3, -0.25) is 4.79 Å². The van der Waals surface area contributed by atoms with Crippen LogP contribution in [0.3, 0.4) is 0 Å². The zero-order valence-electron chi connectivity index (χ0n) is 9.82. The molecule has 1 fully saturated rings. The van der Waals surface area contributed by atoms with Gasteiger partial charge in [-0.25, -0.2) is 4.39 Å². The molecule has 0 saturated carbocycles. The Balaban J connectivity index is 1.77. The number of benzene rings is 1. The summed E-state index contributed by atoms with van der Waals surface area (Å²) >= 11 is 2.81. The molecule has 1 amide bonds. The molecular formula is C12H10FN3OS2. The summed E-state index contributed by atoms with van der Waals surface area (Å²) in [6.07, 6.45) is 0.692. The Hall–Kier alpha value is -1.47. The fourth-order valence-corrected chi connectivity index (χ4v) is 3.78. The monoisotopic (exact) mass is 295 g/mol. The lowest BCUT2D eigenvalue weighted by Gasteiger charge is -2.16. The van der Waals surface area contributed by atoms with Crippen molar-refractivity contribution < 1.29 is 9.18 Å². The highest BCUT2D eigenvalue weighted by atomic mass is 32.2. The minimum atomic E-state index is -0.364. The fraction of sp³-hybridized carbons (Fsp3) is 0.250. The number of para-hydroxylation sites is 1. The molecule has 3 rings (SSSR count). The molecule has 1 saturated heterocycles. The van der Waals surface area contributed by atoms with Gasteiger partial charge in [-0.1, -0.05) is 35.2 Å². The first kappa shape index (κ1) is 12.6. The second-order valence-corrected chi connectivity index (χ2v) is 6.32. The summed E-state index contributed by atoms with van der Waals surface area (Å²) in [5.41, 5.74) is 1.99. The topological polar surface area (TPSA) is 46.1 Å². The van der Waals surface area contributed by atoms with Crippen molar-refractivity contribution in [1.82, 2.24) is 10.2 Å². The number of thioether (sulfide) groups is 1. The first-order valence-corrected chi connectivity index (χ1v) is 7.50. The third-order valence-electron chi connectivity index (χ3n) is 2.88. The van der Waals surface area contributed by atoms with E-state index >= 15 is 0 Å². The van der Waals surface area contributed by atoms with Gasteiger partial charge >= 0.3 is 0 Å². The van der Waals surface area contributed by atoms with E-state index in [4.69, 9.17) is 0 Å². The normalized spacial score (nSPS) is 19.1. The van der Waals surface area contributed by atoms with Crippen LogP contribution in [0.2, 0.25) is 0 Å². The molecule has 1 aromatic heterocycles. The van der Waals surface area contributed by atoms with E-state index in [0.717, 1.165) is 4.34 Å². The number of carbonyl (C=O) groups excluding carboxylic acids is 1. The van der Waals surface area contributed by atoms with Crippen LogP contribution in [-0.2, 0) is 4.79 Å². The molecule has 0 bridgehead atoms. The summed E-state index contributed by atoms with van der Waals surface area (Å²) in [4.78, 5) is 13.8. The van der Waals surface area contributed by atoms with Crippen molar-refractivity contribution in [3.8, 4) is 0 Å². The van der Waals surface area contributed by atoms with Gasteiger partial charge in [0.1, 0.15) is 11.3 Å². The third kappa shape index (κ3) is 2.48. The molecule has 0 N–H and O–H groups in total. The minimum absolute atomic E-state index is 0.0645. The smallest absolute Gasteiger partial charge is 0.240 e. The molecule has 98 valence electrons. The lowest BCUT2D eigenvalue weighted by Crippen LogP contribution is -2.28. The molecule has 4 nitrogen and oxygen atoms in total. The predicted molar refractivity (Wildman–Crippen MR) is 72.9 cm³/mol. The number of aromatic nitrogens is 2. The number of hydrogen-bond donors (Lipinski definition) is 0. The van der Waals surface area contributed by atoms with Crippen LogP contribution in [0.5, 0.6) is 0 Å². The van der Waals surface area contributed by atoms with E-state index in [1.165, 1.54) is 34.1 Å². The van der Waals surface area contributed by atoms with E-state index in [-0.39, 0.29) is 17.0 Å². The quantitative estimate of drug-likeness (QED) is 0.873. The molecule has 0 spiro atoms. The molecule has 0 aliphatic carbocycles. The number of rotatable bonds is 3. The maximum absolute atomic E-state index is 13.7. The Morgan fingerprint density at radius 1 is 1.42 bits per heavy atom. The van der Waals surface area contributed by atoms with Crippen LogP contribution < -0.4 is 4.90 Å². The van der Waals surface area contributed by atoms with E-state index in [2.05, 4.69) is 10.2 Å². The lowest BCUT2D eigenvalue weighted by molar-refractivity contribution is -0.116. The van der Waals surface area contributed by atoms with E-state index in [9.17, 15) is 9.18 Å². The third-order valence-corrected chi connectivity index (χ3v) is 4.95. The van der Waals surface area contributed by atoms with Gasteiger partial charge in [0, 0.05) is 6.54 Å². The summed E-state index contributed by atoms with van der Waals surface area (Å²) in [6, 6.07) is 6.35. The standard InChI is InChI=1S/C12H10FN3OS2/c13-8-3-1-2-4-9(8)16-6-5-10(11(16)17)19-12-15-14-7-18-12/h1-4,7,10H,5-6H2. The van der Waals surface area contributed by atoms with Crippen molar-refractivity contribution in [2.24, 2.45) is 0 Å². The van der Waals surface area contributed by atoms with Gasteiger partial charge in [-0.2, -0.15) is 0 Å². The summed E-state index contributed by atoms with van der Waals surface area (Å²) in [5, 5.41) is 7.46. The van der Waals surface area contributed by atoms with Crippen LogP contribution in [0, 0.1) is 5.82 Å². The van der Waals surface area contributed by atoms with Gasteiger partial charge in [0.05, 0.1) is 10.9 Å². The lowest BCUT2D eigenvalue weighted by atomic mass is 10.3. The van der Waals surface area contributed by atoms with Crippen LogP contribution in [0.15, 0.2) is 34.1 Å². The van der Waals surface area contributed by atoms with Crippen LogP contribution >= 0.6 is 23.1 Å². The molecule has 1 unspecified atom stereocenters. The maximum atomic E-state index is 13.7. The van der Waals surface area contributed by atoms with Crippen molar-refractivity contribution in [1.29, 1.82) is 0 Å². The number of anilines is 1. The molecule has 1 aromatic carbocycles. The highest BCUT2D eigenvalue weighted by Crippen LogP contribution is 2.34. The number of amides is 1. The Labute approximate surface area is 117 Å². The second kappa shape index (κ2) is 5.26. The molecule has 19 heavy (non-hydrogen) atoms. The maximum Gasteiger partial charge on any atom is 0.240 e. The van der Waals surface area contributed by atoms with Gasteiger partial charge in [-0.05, 0) is 18.6 Å². The number of nitrogens with zero attached hydrogens (tertiary/aromatic N) is 3. The number of hydrogen-bond acceptors (Lipinski definition) is 5. The second-order valence-electron chi connectivity index (χ2n) is 4.04. The van der Waals surface area contributed by atoms with E-state index in [0.29, 0.717) is 18.7 Å². The Morgan fingerprint density at radius 2 is 2.26 bits per heavy atom. The van der Waals surface area contributed by atoms with Crippen LogP contribution in [0.4, 0.5) is 10.1 Å². The summed E-state index contributed by atoms with van der Waals surface area (Å²) in [5.74, 6) is -0.428. The largest absolute Gasteiger partial charge is 0.309 e. The van der Waals surface area contributed by atoms with Crippen LogP contribution in [0.25, 0.3) is 0 Å². The number of carbonyl (C=O) groups is 1. The zero-order valence-corrected chi connectivity index (χ0v) is 11.5.